The summed E-state index contributed by atoms with van der Waals surface area (Å²) in [6.45, 7) is 7.58. The van der Waals surface area contributed by atoms with E-state index in [1.165, 1.54) is 0 Å². The summed E-state index contributed by atoms with van der Waals surface area (Å²) in [6.07, 6.45) is 6.46. The predicted molar refractivity (Wildman–Crippen MR) is 80.3 cm³/mol. The van der Waals surface area contributed by atoms with E-state index < -0.39 is 0 Å². The van der Waals surface area contributed by atoms with E-state index in [-0.39, 0.29) is 18.1 Å². The van der Waals surface area contributed by atoms with E-state index in [9.17, 15) is 4.79 Å². The van der Waals surface area contributed by atoms with Gasteiger partial charge in [0.05, 0.1) is 5.60 Å². The number of ether oxygens (including phenoxy) is 1. The van der Waals surface area contributed by atoms with Crippen LogP contribution in [0.3, 0.4) is 0 Å². The molecule has 4 heteroatoms. The summed E-state index contributed by atoms with van der Waals surface area (Å²) < 4.78 is 5.93. The Bertz CT molecular complexity index is 337. The molecule has 2 aliphatic carbocycles. The largest absolute Gasteiger partial charge is 0.364 e. The molecule has 0 heterocycles. The Morgan fingerprint density at radius 3 is 2.30 bits per heavy atom. The number of nitrogens with two attached hydrogens (primary N) is 1. The van der Waals surface area contributed by atoms with Gasteiger partial charge in [-0.3, -0.25) is 4.79 Å². The molecule has 0 aromatic rings. The van der Waals surface area contributed by atoms with Gasteiger partial charge in [-0.05, 0) is 49.9 Å². The summed E-state index contributed by atoms with van der Waals surface area (Å²) in [5.74, 6) is 0.740. The molecule has 0 aliphatic heterocycles. The van der Waals surface area contributed by atoms with E-state index in [1.54, 1.807) is 0 Å². The molecule has 2 rings (SSSR count). The molecule has 2 saturated carbocycles. The summed E-state index contributed by atoms with van der Waals surface area (Å²) in [5, 5.41) is 2.96. The topological polar surface area (TPSA) is 64.3 Å². The lowest BCUT2D eigenvalue weighted by atomic mass is 9.68. The third-order valence-electron chi connectivity index (χ3n) is 4.95. The highest BCUT2D eigenvalue weighted by molar-refractivity contribution is 5.77. The summed E-state index contributed by atoms with van der Waals surface area (Å²) in [4.78, 5) is 11.7. The average molecular weight is 282 g/mol. The Morgan fingerprint density at radius 2 is 1.85 bits per heavy atom. The number of hydrogen-bond acceptors (Lipinski definition) is 3. The number of rotatable bonds is 5. The van der Waals surface area contributed by atoms with Crippen molar-refractivity contribution in [3.8, 4) is 0 Å². The van der Waals surface area contributed by atoms with Crippen molar-refractivity contribution in [2.24, 2.45) is 17.1 Å². The van der Waals surface area contributed by atoms with Gasteiger partial charge in [-0.15, -0.1) is 0 Å². The van der Waals surface area contributed by atoms with E-state index in [1.807, 2.05) is 0 Å². The van der Waals surface area contributed by atoms with Gasteiger partial charge in [0.2, 0.25) is 5.91 Å². The first-order valence-corrected chi connectivity index (χ1v) is 7.98. The monoisotopic (exact) mass is 282 g/mol. The number of carbonyl (C=O) groups excluding carboxylic acids is 1. The lowest BCUT2D eigenvalue weighted by Crippen LogP contribution is -2.47. The van der Waals surface area contributed by atoms with Crippen molar-refractivity contribution in [1.82, 2.24) is 5.32 Å². The maximum Gasteiger partial charge on any atom is 0.246 e. The van der Waals surface area contributed by atoms with Crippen LogP contribution in [0.2, 0.25) is 0 Å². The molecular weight excluding hydrogens is 252 g/mol. The number of nitrogens with one attached hydrogen (secondary N) is 1. The average Bonchev–Trinajstić information content (AvgIpc) is 3.20. The van der Waals surface area contributed by atoms with Crippen LogP contribution in [0.25, 0.3) is 0 Å². The quantitative estimate of drug-likeness (QED) is 0.812. The minimum atomic E-state index is -0.275. The molecule has 0 spiro atoms. The molecule has 3 N–H and O–H groups in total. The SMILES string of the molecule is CC(C)(C)C1CCC(CN)(OCC(=O)NC2CC2)CC1. The van der Waals surface area contributed by atoms with Crippen LogP contribution in [-0.2, 0) is 9.53 Å². The fraction of sp³-hybridized carbons (Fsp3) is 0.938. The van der Waals surface area contributed by atoms with Crippen LogP contribution >= 0.6 is 0 Å². The van der Waals surface area contributed by atoms with E-state index in [4.69, 9.17) is 10.5 Å². The Balaban J connectivity index is 1.80. The summed E-state index contributed by atoms with van der Waals surface area (Å²) in [7, 11) is 0. The first-order chi connectivity index (χ1) is 9.35. The molecule has 0 aromatic heterocycles. The zero-order valence-electron chi connectivity index (χ0n) is 13.2. The number of carbonyl (C=O) groups is 1. The third kappa shape index (κ3) is 4.19. The van der Waals surface area contributed by atoms with Crippen molar-refractivity contribution < 1.29 is 9.53 Å². The van der Waals surface area contributed by atoms with Gasteiger partial charge in [-0.25, -0.2) is 0 Å². The maximum absolute atomic E-state index is 11.7. The molecule has 0 radical (unpaired) electrons. The molecular formula is C16H30N2O2. The van der Waals surface area contributed by atoms with Crippen LogP contribution in [0.5, 0.6) is 0 Å². The molecule has 0 aromatic carbocycles. The fourth-order valence-electron chi connectivity index (χ4n) is 3.13. The van der Waals surface area contributed by atoms with Crippen LogP contribution in [0.15, 0.2) is 0 Å². The van der Waals surface area contributed by atoms with Gasteiger partial charge in [0, 0.05) is 12.6 Å². The Labute approximate surface area is 122 Å². The fourth-order valence-corrected chi connectivity index (χ4v) is 3.13. The van der Waals surface area contributed by atoms with Gasteiger partial charge in [-0.1, -0.05) is 20.8 Å². The molecule has 0 atom stereocenters. The molecule has 116 valence electrons. The van der Waals surface area contributed by atoms with Crippen LogP contribution in [-0.4, -0.2) is 30.7 Å². The van der Waals surface area contributed by atoms with Gasteiger partial charge < -0.3 is 15.8 Å². The lowest BCUT2D eigenvalue weighted by Gasteiger charge is -2.43. The molecule has 20 heavy (non-hydrogen) atoms. The molecule has 0 unspecified atom stereocenters. The summed E-state index contributed by atoms with van der Waals surface area (Å²) in [6, 6.07) is 0.400. The second kappa shape index (κ2) is 6.02. The van der Waals surface area contributed by atoms with E-state index in [0.717, 1.165) is 44.4 Å². The highest BCUT2D eigenvalue weighted by Gasteiger charge is 2.39. The molecule has 2 fully saturated rings. The molecule has 0 bridgehead atoms. The summed E-state index contributed by atoms with van der Waals surface area (Å²) in [5.41, 5.74) is 6.01. The van der Waals surface area contributed by atoms with Gasteiger partial charge in [0.1, 0.15) is 6.61 Å². The Morgan fingerprint density at radius 1 is 1.25 bits per heavy atom. The van der Waals surface area contributed by atoms with Crippen LogP contribution in [0.4, 0.5) is 0 Å². The van der Waals surface area contributed by atoms with Crippen molar-refractivity contribution in [1.29, 1.82) is 0 Å². The normalized spacial score (nSPS) is 31.1. The predicted octanol–water partition coefficient (Wildman–Crippen LogP) is 2.22. The summed E-state index contributed by atoms with van der Waals surface area (Å²) >= 11 is 0. The Hall–Kier alpha value is -0.610. The van der Waals surface area contributed by atoms with Crippen LogP contribution in [0.1, 0.15) is 59.3 Å². The van der Waals surface area contributed by atoms with Crippen molar-refractivity contribution in [2.45, 2.75) is 70.9 Å². The standard InChI is InChI=1S/C16H30N2O2/c1-15(2,3)12-6-8-16(11-17,9-7-12)20-10-14(19)18-13-4-5-13/h12-13H,4-11,17H2,1-3H3,(H,18,19). The third-order valence-corrected chi connectivity index (χ3v) is 4.95. The van der Waals surface area contributed by atoms with Crippen molar-refractivity contribution in [3.05, 3.63) is 0 Å². The molecule has 1 amide bonds. The number of amides is 1. The van der Waals surface area contributed by atoms with Crippen molar-refractivity contribution >= 4 is 5.91 Å². The zero-order valence-corrected chi connectivity index (χ0v) is 13.2. The maximum atomic E-state index is 11.7. The highest BCUT2D eigenvalue weighted by Crippen LogP contribution is 2.42. The van der Waals surface area contributed by atoms with Crippen LogP contribution in [0, 0.1) is 11.3 Å². The van der Waals surface area contributed by atoms with Gasteiger partial charge in [-0.2, -0.15) is 0 Å². The van der Waals surface area contributed by atoms with Gasteiger partial charge in [0.25, 0.3) is 0 Å². The first kappa shape index (κ1) is 15.8. The Kier molecular flexibility index (Phi) is 4.75. The van der Waals surface area contributed by atoms with E-state index >= 15 is 0 Å². The zero-order chi connectivity index (χ0) is 14.8. The van der Waals surface area contributed by atoms with Gasteiger partial charge in [0.15, 0.2) is 0 Å². The highest BCUT2D eigenvalue weighted by atomic mass is 16.5. The molecule has 4 nitrogen and oxygen atoms in total. The molecule has 2 aliphatic rings. The number of hydrogen-bond donors (Lipinski definition) is 2. The molecule has 0 saturated heterocycles. The van der Waals surface area contributed by atoms with E-state index in [0.29, 0.717) is 18.0 Å². The smallest absolute Gasteiger partial charge is 0.246 e. The van der Waals surface area contributed by atoms with Crippen molar-refractivity contribution in [2.75, 3.05) is 13.2 Å². The van der Waals surface area contributed by atoms with Crippen molar-refractivity contribution in [3.63, 3.8) is 0 Å². The first-order valence-electron chi connectivity index (χ1n) is 7.98. The minimum absolute atomic E-state index is 0.0123. The van der Waals surface area contributed by atoms with E-state index in [2.05, 4.69) is 26.1 Å². The second-order valence-electron chi connectivity index (χ2n) is 7.66. The van der Waals surface area contributed by atoms with Gasteiger partial charge >= 0.3 is 0 Å². The van der Waals surface area contributed by atoms with Crippen LogP contribution < -0.4 is 11.1 Å². The minimum Gasteiger partial charge on any atom is -0.364 e. The second-order valence-corrected chi connectivity index (χ2v) is 7.66. The lowest BCUT2D eigenvalue weighted by molar-refractivity contribution is -0.137.